The topological polar surface area (TPSA) is 82.9 Å². The Morgan fingerprint density at radius 3 is 2.66 bits per heavy atom. The fourth-order valence-electron chi connectivity index (χ4n) is 4.06. The maximum absolute atomic E-state index is 8.69. The van der Waals surface area contributed by atoms with Crippen LogP contribution < -0.4 is 15.4 Å². The molecule has 146 valence electrons. The highest BCUT2D eigenvalue weighted by Crippen LogP contribution is 2.45. The fourth-order valence-corrected chi connectivity index (χ4v) is 4.06. The van der Waals surface area contributed by atoms with Crippen LogP contribution in [-0.4, -0.2) is 33.8 Å². The standard InChI is InChI=1S/C23H23N5O/c24-21(16-7-9-18(10-8-16)29-17-5-2-1-3-6-17)19-14-25-15-26-22(19)28-20-13-23(20)11-4-12-27-23/h1-3,5-10,14-15,20,24,27H,4,11-13H2,(H,25,26,28). The number of ether oxygens (including phenoxy) is 1. The zero-order chi connectivity index (χ0) is 19.7. The summed E-state index contributed by atoms with van der Waals surface area (Å²) in [6.07, 6.45) is 6.78. The van der Waals surface area contributed by atoms with Crippen LogP contribution in [0, 0.1) is 5.41 Å². The Labute approximate surface area is 169 Å². The third-order valence-corrected chi connectivity index (χ3v) is 5.77. The Morgan fingerprint density at radius 1 is 1.10 bits per heavy atom. The molecular weight excluding hydrogens is 362 g/mol. The van der Waals surface area contributed by atoms with Crippen molar-refractivity contribution in [3.8, 4) is 11.5 Å². The first-order valence-corrected chi connectivity index (χ1v) is 9.97. The first kappa shape index (κ1) is 17.8. The molecule has 2 unspecified atom stereocenters. The number of anilines is 1. The molecule has 6 nitrogen and oxygen atoms in total. The average molecular weight is 385 g/mol. The van der Waals surface area contributed by atoms with Crippen LogP contribution in [0.25, 0.3) is 0 Å². The van der Waals surface area contributed by atoms with E-state index in [0.717, 1.165) is 35.8 Å². The molecule has 1 aliphatic carbocycles. The average Bonchev–Trinajstić information content (AvgIpc) is 3.19. The van der Waals surface area contributed by atoms with Crippen molar-refractivity contribution in [3.05, 3.63) is 78.2 Å². The summed E-state index contributed by atoms with van der Waals surface area (Å²) in [4.78, 5) is 8.57. The lowest BCUT2D eigenvalue weighted by atomic mass is 10.0. The Morgan fingerprint density at radius 2 is 1.90 bits per heavy atom. The van der Waals surface area contributed by atoms with Gasteiger partial charge >= 0.3 is 0 Å². The minimum atomic E-state index is 0.223. The van der Waals surface area contributed by atoms with Crippen LogP contribution in [0.15, 0.2) is 67.1 Å². The van der Waals surface area contributed by atoms with Crippen molar-refractivity contribution in [2.75, 3.05) is 11.9 Å². The molecule has 2 fully saturated rings. The molecule has 2 aromatic carbocycles. The lowest BCUT2D eigenvalue weighted by molar-refractivity contribution is 0.482. The van der Waals surface area contributed by atoms with Crippen molar-refractivity contribution in [1.29, 1.82) is 5.41 Å². The van der Waals surface area contributed by atoms with Gasteiger partial charge in [0.05, 0.1) is 11.3 Å². The summed E-state index contributed by atoms with van der Waals surface area (Å²) >= 11 is 0. The van der Waals surface area contributed by atoms with E-state index >= 15 is 0 Å². The van der Waals surface area contributed by atoms with Gasteiger partial charge in [-0.2, -0.15) is 0 Å². The molecule has 29 heavy (non-hydrogen) atoms. The fraction of sp³-hybridized carbons (Fsp3) is 0.261. The lowest BCUT2D eigenvalue weighted by Crippen LogP contribution is -2.31. The molecule has 1 saturated heterocycles. The van der Waals surface area contributed by atoms with Crippen LogP contribution in [-0.2, 0) is 0 Å². The molecule has 3 N–H and O–H groups in total. The van der Waals surface area contributed by atoms with E-state index in [9.17, 15) is 0 Å². The third-order valence-electron chi connectivity index (χ3n) is 5.77. The Bertz CT molecular complexity index is 1010. The monoisotopic (exact) mass is 385 g/mol. The van der Waals surface area contributed by atoms with Crippen molar-refractivity contribution in [2.45, 2.75) is 30.8 Å². The summed E-state index contributed by atoms with van der Waals surface area (Å²) in [5.74, 6) is 2.25. The quantitative estimate of drug-likeness (QED) is 0.559. The minimum Gasteiger partial charge on any atom is -0.457 e. The van der Waals surface area contributed by atoms with E-state index in [1.807, 2.05) is 54.6 Å². The molecule has 1 spiro atoms. The number of nitrogens with zero attached hydrogens (tertiary/aromatic N) is 2. The van der Waals surface area contributed by atoms with Gasteiger partial charge in [-0.1, -0.05) is 18.2 Å². The van der Waals surface area contributed by atoms with Crippen LogP contribution in [0.2, 0.25) is 0 Å². The van der Waals surface area contributed by atoms with Gasteiger partial charge < -0.3 is 15.4 Å². The van der Waals surface area contributed by atoms with Gasteiger partial charge in [-0.05, 0) is 62.2 Å². The molecule has 2 atom stereocenters. The maximum Gasteiger partial charge on any atom is 0.139 e. The van der Waals surface area contributed by atoms with E-state index in [0.29, 0.717) is 17.3 Å². The van der Waals surface area contributed by atoms with E-state index in [2.05, 4.69) is 20.6 Å². The highest BCUT2D eigenvalue weighted by molar-refractivity contribution is 6.13. The molecule has 5 rings (SSSR count). The molecule has 2 heterocycles. The molecule has 3 aromatic rings. The predicted molar refractivity (Wildman–Crippen MR) is 113 cm³/mol. The van der Waals surface area contributed by atoms with E-state index in [1.165, 1.54) is 19.2 Å². The highest BCUT2D eigenvalue weighted by atomic mass is 16.5. The van der Waals surface area contributed by atoms with Crippen molar-refractivity contribution >= 4 is 11.5 Å². The van der Waals surface area contributed by atoms with Crippen molar-refractivity contribution in [2.24, 2.45) is 0 Å². The lowest BCUT2D eigenvalue weighted by Gasteiger charge is -2.14. The molecule has 0 bridgehead atoms. The van der Waals surface area contributed by atoms with Crippen LogP contribution in [0.4, 0.5) is 5.82 Å². The van der Waals surface area contributed by atoms with Gasteiger partial charge in [-0.25, -0.2) is 9.97 Å². The van der Waals surface area contributed by atoms with Crippen LogP contribution in [0.5, 0.6) is 11.5 Å². The van der Waals surface area contributed by atoms with E-state index in [1.54, 1.807) is 6.20 Å². The van der Waals surface area contributed by atoms with Crippen LogP contribution in [0.1, 0.15) is 30.4 Å². The number of benzene rings is 2. The van der Waals surface area contributed by atoms with Crippen molar-refractivity contribution in [3.63, 3.8) is 0 Å². The van der Waals surface area contributed by atoms with Crippen molar-refractivity contribution in [1.82, 2.24) is 15.3 Å². The Kier molecular flexibility index (Phi) is 4.48. The Balaban J connectivity index is 1.32. The van der Waals surface area contributed by atoms with Gasteiger partial charge in [0.2, 0.25) is 0 Å². The zero-order valence-corrected chi connectivity index (χ0v) is 16.1. The first-order chi connectivity index (χ1) is 14.2. The summed E-state index contributed by atoms with van der Waals surface area (Å²) < 4.78 is 5.84. The number of aromatic nitrogens is 2. The molecule has 1 aliphatic heterocycles. The summed E-state index contributed by atoms with van der Waals surface area (Å²) in [6.45, 7) is 1.09. The zero-order valence-electron chi connectivity index (χ0n) is 16.1. The minimum absolute atomic E-state index is 0.223. The number of nitrogens with one attached hydrogen (secondary N) is 3. The van der Waals surface area contributed by atoms with Gasteiger partial charge in [0.1, 0.15) is 23.6 Å². The third kappa shape index (κ3) is 3.59. The highest BCUT2D eigenvalue weighted by Gasteiger charge is 2.55. The van der Waals surface area contributed by atoms with Crippen LogP contribution >= 0.6 is 0 Å². The second kappa shape index (κ2) is 7.29. The second-order valence-electron chi connectivity index (χ2n) is 7.69. The van der Waals surface area contributed by atoms with E-state index < -0.39 is 0 Å². The molecule has 0 radical (unpaired) electrons. The number of hydrogen-bond acceptors (Lipinski definition) is 6. The maximum atomic E-state index is 8.69. The van der Waals surface area contributed by atoms with Gasteiger partial charge in [0, 0.05) is 23.3 Å². The second-order valence-corrected chi connectivity index (χ2v) is 7.69. The van der Waals surface area contributed by atoms with Crippen LogP contribution in [0.3, 0.4) is 0 Å². The largest absolute Gasteiger partial charge is 0.457 e. The predicted octanol–water partition coefficient (Wildman–Crippen LogP) is 3.99. The Hall–Kier alpha value is -3.25. The molecule has 1 aromatic heterocycles. The molecule has 1 saturated carbocycles. The SMILES string of the molecule is N=C(c1ccc(Oc2ccccc2)cc1)c1cncnc1NC1CC12CCCN2. The normalized spacial score (nSPS) is 22.4. The molecular formula is C23H23N5O. The van der Waals surface area contributed by atoms with Gasteiger partial charge in [-0.15, -0.1) is 0 Å². The summed E-state index contributed by atoms with van der Waals surface area (Å²) in [6, 6.07) is 17.6. The first-order valence-electron chi connectivity index (χ1n) is 9.97. The molecule has 6 heteroatoms. The van der Waals surface area contributed by atoms with Gasteiger partial charge in [-0.3, -0.25) is 5.41 Å². The number of para-hydroxylation sites is 1. The smallest absolute Gasteiger partial charge is 0.139 e. The molecule has 0 amide bonds. The van der Waals surface area contributed by atoms with E-state index in [4.69, 9.17) is 10.1 Å². The number of rotatable bonds is 6. The summed E-state index contributed by atoms with van der Waals surface area (Å²) in [5.41, 5.74) is 2.13. The molecule has 2 aliphatic rings. The number of hydrogen-bond donors (Lipinski definition) is 3. The van der Waals surface area contributed by atoms with E-state index in [-0.39, 0.29) is 5.54 Å². The van der Waals surface area contributed by atoms with Crippen molar-refractivity contribution < 1.29 is 4.74 Å². The van der Waals surface area contributed by atoms with Gasteiger partial charge in [0.25, 0.3) is 0 Å². The summed E-state index contributed by atoms with van der Waals surface area (Å²) in [7, 11) is 0. The van der Waals surface area contributed by atoms with Gasteiger partial charge in [0.15, 0.2) is 0 Å². The summed E-state index contributed by atoms with van der Waals surface area (Å²) in [5, 5.41) is 15.8.